The van der Waals surface area contributed by atoms with Gasteiger partial charge >= 0.3 is 5.97 Å². The smallest absolute Gasteiger partial charge is 0.334 e. The van der Waals surface area contributed by atoms with Crippen molar-refractivity contribution in [1.29, 1.82) is 0 Å². The Kier molecular flexibility index (Phi) is 5.03. The molecular formula is C18H22N4O4. The summed E-state index contributed by atoms with van der Waals surface area (Å²) < 4.78 is 6.82. The van der Waals surface area contributed by atoms with Crippen LogP contribution in [0.5, 0.6) is 0 Å². The molecule has 1 aromatic carbocycles. The minimum absolute atomic E-state index is 0.00959. The molecule has 1 aliphatic heterocycles. The average Bonchev–Trinajstić information content (AvgIpc) is 3.02. The summed E-state index contributed by atoms with van der Waals surface area (Å²) >= 11 is 0. The molecule has 3 rings (SSSR count). The van der Waals surface area contributed by atoms with Gasteiger partial charge in [-0.05, 0) is 24.5 Å². The second-order valence-corrected chi connectivity index (χ2v) is 6.56. The van der Waals surface area contributed by atoms with Gasteiger partial charge in [-0.1, -0.05) is 32.0 Å². The topological polar surface area (TPSA) is 97.6 Å². The van der Waals surface area contributed by atoms with Crippen molar-refractivity contribution >= 4 is 11.9 Å². The van der Waals surface area contributed by atoms with Gasteiger partial charge in [0.25, 0.3) is 5.91 Å². The molecule has 1 amide bonds. The number of benzene rings is 1. The molecule has 1 aromatic heterocycles. The number of ether oxygens (including phenoxy) is 1. The minimum atomic E-state index is -1.08. The van der Waals surface area contributed by atoms with Gasteiger partial charge in [0.1, 0.15) is 5.82 Å². The summed E-state index contributed by atoms with van der Waals surface area (Å²) in [5, 5.41) is 13.5. The molecule has 1 fully saturated rings. The molecule has 0 aliphatic carbocycles. The van der Waals surface area contributed by atoms with E-state index in [0.29, 0.717) is 18.3 Å². The highest BCUT2D eigenvalue weighted by atomic mass is 16.5. The van der Waals surface area contributed by atoms with E-state index < -0.39 is 12.1 Å². The maximum atomic E-state index is 12.7. The highest BCUT2D eigenvalue weighted by Crippen LogP contribution is 2.23. The number of hydrogen-bond acceptors (Lipinski definition) is 5. The van der Waals surface area contributed by atoms with E-state index in [9.17, 15) is 9.59 Å². The number of aryl methyl sites for hydroxylation is 1. The number of aliphatic carboxylic acids is 1. The first-order chi connectivity index (χ1) is 12.4. The molecule has 8 nitrogen and oxygen atoms in total. The summed E-state index contributed by atoms with van der Waals surface area (Å²) in [4.78, 5) is 29.6. The molecule has 1 saturated heterocycles. The van der Waals surface area contributed by atoms with Crippen LogP contribution < -0.4 is 0 Å². The van der Waals surface area contributed by atoms with Crippen molar-refractivity contribution in [3.8, 4) is 5.69 Å². The number of hydrogen-bond donors (Lipinski definition) is 1. The van der Waals surface area contributed by atoms with Crippen molar-refractivity contribution in [3.05, 3.63) is 41.5 Å². The Labute approximate surface area is 151 Å². The van der Waals surface area contributed by atoms with E-state index >= 15 is 0 Å². The molecule has 0 radical (unpaired) electrons. The lowest BCUT2D eigenvalue weighted by molar-refractivity contribution is -0.154. The second kappa shape index (κ2) is 7.25. The lowest BCUT2D eigenvalue weighted by Crippen LogP contribution is -2.48. The molecule has 8 heteroatoms. The summed E-state index contributed by atoms with van der Waals surface area (Å²) in [7, 11) is 0. The first kappa shape index (κ1) is 18.1. The van der Waals surface area contributed by atoms with Gasteiger partial charge in [-0.2, -0.15) is 0 Å². The molecule has 0 bridgehead atoms. The van der Waals surface area contributed by atoms with Crippen LogP contribution in [0.1, 0.15) is 41.8 Å². The SMILES string of the molecule is Cc1nc(C(=O)N2CCO[C@@H](C(=O)O)C2)nn1-c1ccccc1C(C)C. The normalized spacial score (nSPS) is 17.5. The van der Waals surface area contributed by atoms with Crippen molar-refractivity contribution in [1.82, 2.24) is 19.7 Å². The Balaban J connectivity index is 1.89. The van der Waals surface area contributed by atoms with Crippen molar-refractivity contribution in [2.45, 2.75) is 32.8 Å². The van der Waals surface area contributed by atoms with Crippen molar-refractivity contribution in [2.24, 2.45) is 0 Å². The second-order valence-electron chi connectivity index (χ2n) is 6.56. The van der Waals surface area contributed by atoms with Crippen LogP contribution >= 0.6 is 0 Å². The number of carboxylic acids is 1. The van der Waals surface area contributed by atoms with Crippen molar-refractivity contribution < 1.29 is 19.4 Å². The third-order valence-corrected chi connectivity index (χ3v) is 4.38. The quantitative estimate of drug-likeness (QED) is 0.892. The van der Waals surface area contributed by atoms with Gasteiger partial charge in [-0.15, -0.1) is 5.10 Å². The molecule has 26 heavy (non-hydrogen) atoms. The standard InChI is InChI=1S/C18H22N4O4/c1-11(2)13-6-4-5-7-14(13)22-12(3)19-16(20-22)17(23)21-8-9-26-15(10-21)18(24)25/h4-7,11,15H,8-10H2,1-3H3,(H,24,25)/t15-/m1/s1. The van der Waals surface area contributed by atoms with Gasteiger partial charge in [0.05, 0.1) is 18.8 Å². The number of morpholine rings is 1. The van der Waals surface area contributed by atoms with Crippen LogP contribution in [-0.2, 0) is 9.53 Å². The minimum Gasteiger partial charge on any atom is -0.479 e. The largest absolute Gasteiger partial charge is 0.479 e. The van der Waals surface area contributed by atoms with Crippen molar-refractivity contribution in [2.75, 3.05) is 19.7 Å². The highest BCUT2D eigenvalue weighted by molar-refractivity contribution is 5.91. The van der Waals surface area contributed by atoms with Gasteiger partial charge in [-0.3, -0.25) is 4.79 Å². The van der Waals surface area contributed by atoms with Crippen LogP contribution in [0.15, 0.2) is 24.3 Å². The number of para-hydroxylation sites is 1. The van der Waals surface area contributed by atoms with E-state index in [-0.39, 0.29) is 24.9 Å². The van der Waals surface area contributed by atoms with Crippen LogP contribution in [0.4, 0.5) is 0 Å². The van der Waals surface area contributed by atoms with Gasteiger partial charge < -0.3 is 14.7 Å². The number of carbonyl (C=O) groups is 2. The van der Waals surface area contributed by atoms with E-state index in [1.807, 2.05) is 24.3 Å². The zero-order chi connectivity index (χ0) is 18.8. The van der Waals surface area contributed by atoms with E-state index in [4.69, 9.17) is 9.84 Å². The van der Waals surface area contributed by atoms with Crippen LogP contribution in [0.2, 0.25) is 0 Å². The summed E-state index contributed by atoms with van der Waals surface area (Å²) in [6, 6.07) is 7.86. The molecule has 0 spiro atoms. The summed E-state index contributed by atoms with van der Waals surface area (Å²) in [6.45, 7) is 6.47. The van der Waals surface area contributed by atoms with Gasteiger partial charge in [0.15, 0.2) is 6.10 Å². The first-order valence-electron chi connectivity index (χ1n) is 8.55. The van der Waals surface area contributed by atoms with Crippen LogP contribution in [0.3, 0.4) is 0 Å². The Bertz CT molecular complexity index is 830. The van der Waals surface area contributed by atoms with Gasteiger partial charge in [0.2, 0.25) is 5.82 Å². The lowest BCUT2D eigenvalue weighted by atomic mass is 10.0. The van der Waals surface area contributed by atoms with Gasteiger partial charge in [-0.25, -0.2) is 14.5 Å². The van der Waals surface area contributed by atoms with E-state index in [0.717, 1.165) is 11.3 Å². The van der Waals surface area contributed by atoms with E-state index in [1.165, 1.54) is 4.90 Å². The fourth-order valence-corrected chi connectivity index (χ4v) is 3.00. The molecule has 138 valence electrons. The Hall–Kier alpha value is -2.74. The van der Waals surface area contributed by atoms with Crippen LogP contribution in [0.25, 0.3) is 5.69 Å². The number of carbonyl (C=O) groups excluding carboxylic acids is 1. The highest BCUT2D eigenvalue weighted by Gasteiger charge is 2.31. The summed E-state index contributed by atoms with van der Waals surface area (Å²) in [5.74, 6) is -0.507. The third kappa shape index (κ3) is 3.45. The molecule has 1 N–H and O–H groups in total. The van der Waals surface area contributed by atoms with Crippen molar-refractivity contribution in [3.63, 3.8) is 0 Å². The van der Waals surface area contributed by atoms with E-state index in [1.54, 1.807) is 11.6 Å². The molecule has 0 unspecified atom stereocenters. The predicted octanol–water partition coefficient (Wildman–Crippen LogP) is 1.62. The predicted molar refractivity (Wildman–Crippen MR) is 93.5 cm³/mol. The zero-order valence-electron chi connectivity index (χ0n) is 15.0. The van der Waals surface area contributed by atoms with Gasteiger partial charge in [0, 0.05) is 6.54 Å². The Morgan fingerprint density at radius 2 is 2.04 bits per heavy atom. The number of amides is 1. The molecule has 1 atom stereocenters. The first-order valence-corrected chi connectivity index (χ1v) is 8.55. The van der Waals surface area contributed by atoms with Crippen LogP contribution in [0, 0.1) is 6.92 Å². The molecule has 1 aliphatic rings. The maximum Gasteiger partial charge on any atom is 0.334 e. The molecular weight excluding hydrogens is 336 g/mol. The lowest BCUT2D eigenvalue weighted by Gasteiger charge is -2.29. The number of aromatic nitrogens is 3. The zero-order valence-corrected chi connectivity index (χ0v) is 15.0. The molecule has 0 saturated carbocycles. The Morgan fingerprint density at radius 1 is 1.31 bits per heavy atom. The maximum absolute atomic E-state index is 12.7. The fourth-order valence-electron chi connectivity index (χ4n) is 3.00. The summed E-state index contributed by atoms with van der Waals surface area (Å²) in [5.41, 5.74) is 1.99. The number of carboxylic acid groups (broad SMARTS) is 1. The van der Waals surface area contributed by atoms with E-state index in [2.05, 4.69) is 23.9 Å². The Morgan fingerprint density at radius 3 is 2.73 bits per heavy atom. The number of nitrogens with zero attached hydrogens (tertiary/aromatic N) is 4. The fraction of sp³-hybridized carbons (Fsp3) is 0.444. The monoisotopic (exact) mass is 358 g/mol. The average molecular weight is 358 g/mol. The van der Waals surface area contributed by atoms with Crippen LogP contribution in [-0.4, -0.2) is 62.4 Å². The molecule has 2 aromatic rings. The third-order valence-electron chi connectivity index (χ3n) is 4.38. The summed E-state index contributed by atoms with van der Waals surface area (Å²) in [6.07, 6.45) is -1.02. The number of rotatable bonds is 4. The molecule has 2 heterocycles.